The number of fused-ring (bicyclic) bond motifs is 1. The monoisotopic (exact) mass is 404 g/mol. The molecular formula is C17H13BrN2OS2. The molecule has 0 spiro atoms. The number of nitrogens with zero attached hydrogens (tertiary/aromatic N) is 2. The molecule has 0 bridgehead atoms. The summed E-state index contributed by atoms with van der Waals surface area (Å²) in [4.78, 5) is 19.2. The van der Waals surface area contributed by atoms with Gasteiger partial charge in [0, 0.05) is 4.47 Å². The van der Waals surface area contributed by atoms with Crippen molar-refractivity contribution in [3.8, 4) is 0 Å². The maximum absolute atomic E-state index is 12.7. The minimum atomic E-state index is -0.0639. The Bertz CT molecular complexity index is 862. The second-order valence-electron chi connectivity index (χ2n) is 5.36. The van der Waals surface area contributed by atoms with Crippen LogP contribution >= 0.6 is 39.0 Å². The third kappa shape index (κ3) is 2.69. The predicted molar refractivity (Wildman–Crippen MR) is 101 cm³/mol. The highest BCUT2D eigenvalue weighted by atomic mass is 79.9. The number of aromatic nitrogens is 1. The molecule has 1 aliphatic rings. The second kappa shape index (κ2) is 5.92. The second-order valence-corrected chi connectivity index (χ2v) is 8.71. The summed E-state index contributed by atoms with van der Waals surface area (Å²) in [6.07, 6.45) is 0. The zero-order chi connectivity index (χ0) is 16.0. The van der Waals surface area contributed by atoms with Crippen LogP contribution in [0, 0.1) is 0 Å². The highest BCUT2D eigenvalue weighted by Crippen LogP contribution is 2.47. The van der Waals surface area contributed by atoms with Crippen molar-refractivity contribution < 1.29 is 4.79 Å². The average molecular weight is 405 g/mol. The Balaban J connectivity index is 1.81. The minimum absolute atomic E-state index is 0.0319. The van der Waals surface area contributed by atoms with Crippen molar-refractivity contribution in [3.63, 3.8) is 0 Å². The Morgan fingerprint density at radius 2 is 2.00 bits per heavy atom. The highest BCUT2D eigenvalue weighted by Gasteiger charge is 2.41. The van der Waals surface area contributed by atoms with Gasteiger partial charge in [-0.05, 0) is 36.8 Å². The summed E-state index contributed by atoms with van der Waals surface area (Å²) < 4.78 is 2.12. The molecule has 23 heavy (non-hydrogen) atoms. The molecule has 3 nitrogen and oxygen atoms in total. The van der Waals surface area contributed by atoms with Crippen LogP contribution in [0.3, 0.4) is 0 Å². The molecule has 0 radical (unpaired) electrons. The summed E-state index contributed by atoms with van der Waals surface area (Å²) in [5.41, 5.74) is 2.05. The van der Waals surface area contributed by atoms with Gasteiger partial charge in [0.2, 0.25) is 5.91 Å². The molecule has 1 amide bonds. The lowest BCUT2D eigenvalue weighted by molar-refractivity contribution is -0.117. The Hall–Kier alpha value is -1.37. The van der Waals surface area contributed by atoms with Crippen molar-refractivity contribution >= 4 is 60.3 Å². The number of para-hydroxylation sites is 1. The Labute approximate surface area is 150 Å². The summed E-state index contributed by atoms with van der Waals surface area (Å²) in [7, 11) is 0. The molecule has 1 aromatic heterocycles. The van der Waals surface area contributed by atoms with E-state index < -0.39 is 0 Å². The molecule has 6 heteroatoms. The van der Waals surface area contributed by atoms with Crippen LogP contribution in [-0.4, -0.2) is 16.1 Å². The van der Waals surface area contributed by atoms with Gasteiger partial charge in [-0.1, -0.05) is 51.5 Å². The number of carbonyl (C=O) groups excluding carboxylic acids is 1. The van der Waals surface area contributed by atoms with Crippen LogP contribution in [0.25, 0.3) is 10.2 Å². The van der Waals surface area contributed by atoms with Crippen LogP contribution in [0.1, 0.15) is 17.9 Å². The number of benzene rings is 2. The first-order valence-corrected chi connectivity index (χ1v) is 9.78. The van der Waals surface area contributed by atoms with Gasteiger partial charge in [0.25, 0.3) is 0 Å². The first-order valence-electron chi connectivity index (χ1n) is 7.23. The molecular weight excluding hydrogens is 392 g/mol. The topological polar surface area (TPSA) is 33.2 Å². The molecule has 3 aromatic rings. The fourth-order valence-electron chi connectivity index (χ4n) is 2.67. The minimum Gasteiger partial charge on any atom is -0.273 e. The third-order valence-corrected chi connectivity index (χ3v) is 6.65. The maximum atomic E-state index is 12.7. The summed E-state index contributed by atoms with van der Waals surface area (Å²) in [6, 6.07) is 16.1. The number of anilines is 1. The molecule has 4 rings (SSSR count). The fraction of sp³-hybridized carbons (Fsp3) is 0.176. The van der Waals surface area contributed by atoms with Crippen LogP contribution in [-0.2, 0) is 4.79 Å². The van der Waals surface area contributed by atoms with Crippen LogP contribution in [0.4, 0.5) is 5.13 Å². The van der Waals surface area contributed by atoms with Crippen molar-refractivity contribution in [2.75, 3.05) is 4.90 Å². The molecule has 2 heterocycles. The lowest BCUT2D eigenvalue weighted by atomic mass is 10.2. The van der Waals surface area contributed by atoms with Gasteiger partial charge < -0.3 is 0 Å². The van der Waals surface area contributed by atoms with Gasteiger partial charge in [0.15, 0.2) is 5.13 Å². The fourth-order valence-corrected chi connectivity index (χ4v) is 5.40. The van der Waals surface area contributed by atoms with E-state index in [4.69, 9.17) is 0 Å². The van der Waals surface area contributed by atoms with Crippen molar-refractivity contribution in [3.05, 3.63) is 58.6 Å². The maximum Gasteiger partial charge on any atom is 0.242 e. The summed E-state index contributed by atoms with van der Waals surface area (Å²) >= 11 is 6.76. The van der Waals surface area contributed by atoms with Crippen LogP contribution in [0.5, 0.6) is 0 Å². The van der Waals surface area contributed by atoms with Gasteiger partial charge in [0.05, 0.1) is 15.5 Å². The van der Waals surface area contributed by atoms with E-state index >= 15 is 0 Å². The lowest BCUT2D eigenvalue weighted by Crippen LogP contribution is -2.29. The predicted octanol–water partition coefficient (Wildman–Crippen LogP) is 5.23. The number of thiazole rings is 1. The first-order chi connectivity index (χ1) is 11.1. The van der Waals surface area contributed by atoms with Gasteiger partial charge in [-0.2, -0.15) is 0 Å². The smallest absolute Gasteiger partial charge is 0.242 e. The van der Waals surface area contributed by atoms with Gasteiger partial charge in [-0.15, -0.1) is 11.8 Å². The molecule has 0 N–H and O–H groups in total. The number of hydrogen-bond donors (Lipinski definition) is 0. The Morgan fingerprint density at radius 1 is 1.17 bits per heavy atom. The van der Waals surface area contributed by atoms with E-state index in [1.165, 1.54) is 0 Å². The van der Waals surface area contributed by atoms with Crippen LogP contribution in [0.15, 0.2) is 53.0 Å². The van der Waals surface area contributed by atoms with Gasteiger partial charge in [-0.3, -0.25) is 9.69 Å². The number of thioether (sulfide) groups is 1. The third-order valence-electron chi connectivity index (χ3n) is 3.78. The Morgan fingerprint density at radius 3 is 2.78 bits per heavy atom. The highest BCUT2D eigenvalue weighted by molar-refractivity contribution is 9.10. The molecule has 1 fully saturated rings. The van der Waals surface area contributed by atoms with E-state index in [1.807, 2.05) is 48.2 Å². The van der Waals surface area contributed by atoms with Gasteiger partial charge in [0.1, 0.15) is 5.37 Å². The first kappa shape index (κ1) is 15.2. The number of hydrogen-bond acceptors (Lipinski definition) is 4. The number of rotatable bonds is 2. The van der Waals surface area contributed by atoms with Crippen LogP contribution < -0.4 is 4.90 Å². The zero-order valence-corrected chi connectivity index (χ0v) is 15.5. The normalized spacial score (nSPS) is 21.3. The van der Waals surface area contributed by atoms with E-state index in [0.29, 0.717) is 0 Å². The van der Waals surface area contributed by atoms with Crippen molar-refractivity contribution in [1.29, 1.82) is 0 Å². The Kier molecular flexibility index (Phi) is 3.91. The number of amides is 1. The summed E-state index contributed by atoms with van der Waals surface area (Å²) in [6.45, 7) is 1.96. The molecule has 0 saturated carbocycles. The van der Waals surface area contributed by atoms with E-state index in [1.54, 1.807) is 23.1 Å². The standard InChI is InChI=1S/C17H13BrN2OS2/c1-10-15(21)20(16(22-10)11-5-4-6-12(18)9-11)17-19-13-7-2-3-8-14(13)23-17/h2-10,16H,1H3. The number of halogens is 1. The van der Waals surface area contributed by atoms with Crippen molar-refractivity contribution in [1.82, 2.24) is 4.98 Å². The van der Waals surface area contributed by atoms with E-state index in [2.05, 4.69) is 33.0 Å². The van der Waals surface area contributed by atoms with Gasteiger partial charge in [-0.25, -0.2) is 4.98 Å². The average Bonchev–Trinajstić information content (AvgIpc) is 3.09. The molecule has 1 saturated heterocycles. The van der Waals surface area contributed by atoms with Crippen molar-refractivity contribution in [2.45, 2.75) is 17.5 Å². The molecule has 116 valence electrons. The SMILES string of the molecule is CC1SC(c2cccc(Br)c2)N(c2nc3ccccc3s2)C1=O. The van der Waals surface area contributed by atoms with Crippen LogP contribution in [0.2, 0.25) is 0 Å². The zero-order valence-electron chi connectivity index (χ0n) is 12.3. The summed E-state index contributed by atoms with van der Waals surface area (Å²) in [5, 5.41) is 0.680. The number of carbonyl (C=O) groups is 1. The molecule has 2 aromatic carbocycles. The molecule has 2 atom stereocenters. The quantitative estimate of drug-likeness (QED) is 0.586. The largest absolute Gasteiger partial charge is 0.273 e. The summed E-state index contributed by atoms with van der Waals surface area (Å²) in [5.74, 6) is 0.124. The van der Waals surface area contributed by atoms with E-state index in [9.17, 15) is 4.79 Å². The molecule has 2 unspecified atom stereocenters. The molecule has 1 aliphatic heterocycles. The molecule has 0 aliphatic carbocycles. The lowest BCUT2D eigenvalue weighted by Gasteiger charge is -2.21. The van der Waals surface area contributed by atoms with E-state index in [-0.39, 0.29) is 16.5 Å². The van der Waals surface area contributed by atoms with Gasteiger partial charge >= 0.3 is 0 Å². The van der Waals surface area contributed by atoms with E-state index in [0.717, 1.165) is 25.4 Å². The van der Waals surface area contributed by atoms with Crippen molar-refractivity contribution in [2.24, 2.45) is 0 Å².